The molecule has 0 heterocycles. The van der Waals surface area contributed by atoms with E-state index in [1.54, 1.807) is 0 Å². The molecule has 2 aromatic rings. The molecule has 0 spiro atoms. The van der Waals surface area contributed by atoms with Crippen LogP contribution in [0, 0.1) is 16.7 Å². The highest BCUT2D eigenvalue weighted by Crippen LogP contribution is 2.36. The third-order valence-corrected chi connectivity index (χ3v) is 5.42. The van der Waals surface area contributed by atoms with Crippen molar-refractivity contribution in [3.63, 3.8) is 0 Å². The summed E-state index contributed by atoms with van der Waals surface area (Å²) in [5.74, 6) is 1.60. The Hall–Kier alpha value is -1.76. The van der Waals surface area contributed by atoms with Crippen LogP contribution in [0.2, 0.25) is 0 Å². The van der Waals surface area contributed by atoms with Gasteiger partial charge in [0, 0.05) is 0 Å². The van der Waals surface area contributed by atoms with Crippen LogP contribution in [0.25, 0.3) is 11.1 Å². The molecule has 0 aliphatic carbocycles. The van der Waals surface area contributed by atoms with Gasteiger partial charge in [-0.1, -0.05) is 90.9 Å². The van der Waals surface area contributed by atoms with E-state index < -0.39 is 0 Å². The van der Waals surface area contributed by atoms with Gasteiger partial charge in [0.25, 0.3) is 0 Å². The summed E-state index contributed by atoms with van der Waals surface area (Å²) < 4.78 is 6.47. The van der Waals surface area contributed by atoms with Gasteiger partial charge < -0.3 is 4.74 Å². The van der Waals surface area contributed by atoms with Gasteiger partial charge >= 0.3 is 0 Å². The Morgan fingerprint density at radius 1 is 0.731 bits per heavy atom. The quantitative estimate of drug-likeness (QED) is 0.498. The van der Waals surface area contributed by atoms with E-state index in [1.165, 1.54) is 11.1 Å². The maximum atomic E-state index is 6.47. The second kappa shape index (κ2) is 8.29. The maximum Gasteiger partial charge on any atom is 0.119 e. The third-order valence-electron chi connectivity index (χ3n) is 5.42. The molecule has 0 N–H and O–H groups in total. The lowest BCUT2D eigenvalue weighted by atomic mass is 9.74. The minimum atomic E-state index is 0.231. The van der Waals surface area contributed by atoms with Crippen LogP contribution in [0.3, 0.4) is 0 Å². The van der Waals surface area contributed by atoms with Crippen LogP contribution in [0.1, 0.15) is 61.3 Å². The van der Waals surface area contributed by atoms with Crippen molar-refractivity contribution in [1.82, 2.24) is 0 Å². The third kappa shape index (κ3) is 6.20. The molecule has 0 fully saturated rings. The molecule has 26 heavy (non-hydrogen) atoms. The van der Waals surface area contributed by atoms with E-state index in [0.717, 1.165) is 18.6 Å². The molecular formula is C25H36O. The number of hydrogen-bond acceptors (Lipinski definition) is 1. The molecule has 1 nitrogen and oxygen atoms in total. The Kier molecular flexibility index (Phi) is 6.55. The van der Waals surface area contributed by atoms with Crippen LogP contribution in [0.15, 0.2) is 54.6 Å². The SMILES string of the molecule is CC(C)C(C)(C)CC(CC(C)(C)C)Oc1ccc(-c2ccccc2)cc1. The van der Waals surface area contributed by atoms with Crippen molar-refractivity contribution in [3.05, 3.63) is 54.6 Å². The van der Waals surface area contributed by atoms with Crippen molar-refractivity contribution < 1.29 is 4.74 Å². The van der Waals surface area contributed by atoms with Crippen LogP contribution in [-0.4, -0.2) is 6.10 Å². The Morgan fingerprint density at radius 2 is 1.27 bits per heavy atom. The molecular weight excluding hydrogens is 316 g/mol. The van der Waals surface area contributed by atoms with E-state index in [4.69, 9.17) is 4.74 Å². The molecule has 0 radical (unpaired) electrons. The van der Waals surface area contributed by atoms with Crippen molar-refractivity contribution in [2.75, 3.05) is 0 Å². The fraction of sp³-hybridized carbons (Fsp3) is 0.520. The van der Waals surface area contributed by atoms with E-state index in [-0.39, 0.29) is 16.9 Å². The molecule has 1 atom stereocenters. The molecule has 0 saturated heterocycles. The predicted octanol–water partition coefficient (Wildman–Crippen LogP) is 7.61. The molecule has 2 aromatic carbocycles. The maximum absolute atomic E-state index is 6.47. The molecule has 1 unspecified atom stereocenters. The van der Waals surface area contributed by atoms with Crippen molar-refractivity contribution in [3.8, 4) is 16.9 Å². The standard InChI is InChI=1S/C25H36O/c1-19(2)25(6,7)18-23(17-24(3,4)5)26-22-15-13-21(14-16-22)20-11-9-8-10-12-20/h8-16,19,23H,17-18H2,1-7H3. The smallest absolute Gasteiger partial charge is 0.119 e. The Balaban J connectivity index is 2.14. The van der Waals surface area contributed by atoms with Gasteiger partial charge in [-0.15, -0.1) is 0 Å². The van der Waals surface area contributed by atoms with E-state index in [0.29, 0.717) is 5.92 Å². The van der Waals surface area contributed by atoms with Gasteiger partial charge in [0.15, 0.2) is 0 Å². The highest BCUT2D eigenvalue weighted by atomic mass is 16.5. The van der Waals surface area contributed by atoms with Crippen molar-refractivity contribution >= 4 is 0 Å². The fourth-order valence-electron chi connectivity index (χ4n) is 3.21. The van der Waals surface area contributed by atoms with Crippen molar-refractivity contribution in [2.45, 2.75) is 67.4 Å². The summed E-state index contributed by atoms with van der Waals surface area (Å²) in [5.41, 5.74) is 2.99. The van der Waals surface area contributed by atoms with Gasteiger partial charge in [-0.3, -0.25) is 0 Å². The topological polar surface area (TPSA) is 9.23 Å². The van der Waals surface area contributed by atoms with Gasteiger partial charge in [0.1, 0.15) is 5.75 Å². The minimum absolute atomic E-state index is 0.231. The van der Waals surface area contributed by atoms with E-state index in [2.05, 4.69) is 103 Å². The predicted molar refractivity (Wildman–Crippen MR) is 114 cm³/mol. The number of ether oxygens (including phenoxy) is 1. The summed E-state index contributed by atoms with van der Waals surface area (Å²) in [6.07, 6.45) is 2.36. The first-order chi connectivity index (χ1) is 12.1. The number of rotatable bonds is 7. The Labute approximate surface area is 160 Å². The van der Waals surface area contributed by atoms with Crippen molar-refractivity contribution in [2.24, 2.45) is 16.7 Å². The lowest BCUT2D eigenvalue weighted by molar-refractivity contribution is 0.0756. The largest absolute Gasteiger partial charge is 0.490 e. The highest BCUT2D eigenvalue weighted by molar-refractivity contribution is 5.63. The first kappa shape index (κ1) is 20.6. The monoisotopic (exact) mass is 352 g/mol. The molecule has 2 rings (SSSR count). The Morgan fingerprint density at radius 3 is 1.77 bits per heavy atom. The molecule has 0 aromatic heterocycles. The van der Waals surface area contributed by atoms with Crippen LogP contribution < -0.4 is 4.74 Å². The summed E-state index contributed by atoms with van der Waals surface area (Å²) in [7, 11) is 0. The molecule has 0 amide bonds. The molecule has 0 aliphatic heterocycles. The van der Waals surface area contributed by atoms with Gasteiger partial charge in [-0.25, -0.2) is 0 Å². The lowest BCUT2D eigenvalue weighted by Crippen LogP contribution is -2.32. The van der Waals surface area contributed by atoms with Gasteiger partial charge in [0.2, 0.25) is 0 Å². The molecule has 0 aliphatic rings. The molecule has 0 bridgehead atoms. The summed E-state index contributed by atoms with van der Waals surface area (Å²) in [6, 6.07) is 19.0. The summed E-state index contributed by atoms with van der Waals surface area (Å²) in [4.78, 5) is 0. The van der Waals surface area contributed by atoms with Crippen LogP contribution >= 0.6 is 0 Å². The summed E-state index contributed by atoms with van der Waals surface area (Å²) in [6.45, 7) is 16.2. The highest BCUT2D eigenvalue weighted by Gasteiger charge is 2.30. The second-order valence-electron chi connectivity index (χ2n) is 9.74. The molecule has 1 heteroatoms. The van der Waals surface area contributed by atoms with Crippen LogP contribution in [0.5, 0.6) is 5.75 Å². The van der Waals surface area contributed by atoms with E-state index in [9.17, 15) is 0 Å². The normalized spacial score (nSPS) is 13.7. The first-order valence-electron chi connectivity index (χ1n) is 9.89. The number of hydrogen-bond donors (Lipinski definition) is 0. The van der Waals surface area contributed by atoms with Gasteiger partial charge in [0.05, 0.1) is 6.10 Å². The lowest BCUT2D eigenvalue weighted by Gasteiger charge is -2.36. The van der Waals surface area contributed by atoms with Gasteiger partial charge in [-0.2, -0.15) is 0 Å². The van der Waals surface area contributed by atoms with E-state index >= 15 is 0 Å². The zero-order valence-corrected chi connectivity index (χ0v) is 17.7. The molecule has 0 saturated carbocycles. The van der Waals surface area contributed by atoms with Crippen molar-refractivity contribution in [1.29, 1.82) is 0 Å². The summed E-state index contributed by atoms with van der Waals surface area (Å²) >= 11 is 0. The van der Waals surface area contributed by atoms with Crippen LogP contribution in [0.4, 0.5) is 0 Å². The summed E-state index contributed by atoms with van der Waals surface area (Å²) in [5, 5.41) is 0. The Bertz CT molecular complexity index is 660. The molecule has 142 valence electrons. The average Bonchev–Trinajstić information content (AvgIpc) is 2.54. The number of benzene rings is 2. The fourth-order valence-corrected chi connectivity index (χ4v) is 3.21. The zero-order chi connectivity index (χ0) is 19.4. The van der Waals surface area contributed by atoms with E-state index in [1.807, 2.05) is 0 Å². The van der Waals surface area contributed by atoms with Gasteiger partial charge in [-0.05, 0) is 52.8 Å². The second-order valence-corrected chi connectivity index (χ2v) is 9.74. The first-order valence-corrected chi connectivity index (χ1v) is 9.89. The van der Waals surface area contributed by atoms with Crippen LogP contribution in [-0.2, 0) is 0 Å². The zero-order valence-electron chi connectivity index (χ0n) is 17.7. The average molecular weight is 353 g/mol. The minimum Gasteiger partial charge on any atom is -0.490 e.